The normalized spacial score (nSPS) is 23.5. The summed E-state index contributed by atoms with van der Waals surface area (Å²) >= 11 is 0. The predicted octanol–water partition coefficient (Wildman–Crippen LogP) is 1.93. The summed E-state index contributed by atoms with van der Waals surface area (Å²) in [5, 5.41) is 3.23. The van der Waals surface area contributed by atoms with E-state index in [-0.39, 0.29) is 12.1 Å². The number of hydrogen-bond acceptors (Lipinski definition) is 2. The molecule has 2 atom stereocenters. The maximum atomic E-state index is 13.6. The van der Waals surface area contributed by atoms with Crippen LogP contribution in [0.15, 0.2) is 12.1 Å². The van der Waals surface area contributed by atoms with E-state index in [0.29, 0.717) is 13.1 Å². The Morgan fingerprint density at radius 2 is 1.74 bits per heavy atom. The van der Waals surface area contributed by atoms with Gasteiger partial charge >= 0.3 is 0 Å². The topological polar surface area (TPSA) is 32.3 Å². The molecular weight excluding hydrogens is 257 g/mol. The van der Waals surface area contributed by atoms with Gasteiger partial charge in [0.15, 0.2) is 17.5 Å². The van der Waals surface area contributed by atoms with E-state index in [4.69, 9.17) is 0 Å². The minimum absolute atomic E-state index is 0.0704. The molecule has 6 heteroatoms. The summed E-state index contributed by atoms with van der Waals surface area (Å²) < 4.78 is 39.6. The molecule has 0 saturated carbocycles. The van der Waals surface area contributed by atoms with Gasteiger partial charge in [-0.15, -0.1) is 0 Å². The molecule has 104 valence electrons. The molecule has 2 rings (SSSR count). The molecule has 0 bridgehead atoms. The van der Waals surface area contributed by atoms with E-state index in [2.05, 4.69) is 5.32 Å². The number of piperazine rings is 1. The molecule has 0 aliphatic carbocycles. The van der Waals surface area contributed by atoms with Gasteiger partial charge in [0.25, 0.3) is 5.91 Å². The number of rotatable bonds is 1. The molecule has 0 aromatic heterocycles. The Bertz CT molecular complexity index is 497. The zero-order chi connectivity index (χ0) is 14.2. The maximum Gasteiger partial charge on any atom is 0.257 e. The Kier molecular flexibility index (Phi) is 3.80. The number of nitrogens with one attached hydrogen (secondary N) is 1. The third-order valence-corrected chi connectivity index (χ3v) is 3.11. The molecule has 1 aromatic rings. The molecule has 1 fully saturated rings. The van der Waals surface area contributed by atoms with E-state index in [9.17, 15) is 18.0 Å². The molecule has 1 heterocycles. The van der Waals surface area contributed by atoms with Gasteiger partial charge < -0.3 is 10.2 Å². The molecule has 19 heavy (non-hydrogen) atoms. The van der Waals surface area contributed by atoms with Crippen LogP contribution in [0.2, 0.25) is 0 Å². The zero-order valence-electron chi connectivity index (χ0n) is 10.7. The van der Waals surface area contributed by atoms with Gasteiger partial charge in [-0.25, -0.2) is 13.2 Å². The van der Waals surface area contributed by atoms with E-state index < -0.39 is 28.9 Å². The average Bonchev–Trinajstić information content (AvgIpc) is 2.34. The summed E-state index contributed by atoms with van der Waals surface area (Å²) in [5.74, 6) is -4.95. The van der Waals surface area contributed by atoms with Gasteiger partial charge in [-0.2, -0.15) is 0 Å². The Balaban J connectivity index is 2.27. The molecule has 1 aliphatic heterocycles. The lowest BCUT2D eigenvalue weighted by Crippen LogP contribution is -2.56. The van der Waals surface area contributed by atoms with Crippen molar-refractivity contribution in [2.45, 2.75) is 25.9 Å². The predicted molar refractivity (Wildman–Crippen MR) is 64.3 cm³/mol. The number of nitrogens with zero attached hydrogens (tertiary/aromatic N) is 1. The second-order valence-corrected chi connectivity index (χ2v) is 4.90. The van der Waals surface area contributed by atoms with Crippen molar-refractivity contribution in [2.24, 2.45) is 0 Å². The summed E-state index contributed by atoms with van der Waals surface area (Å²) in [4.78, 5) is 13.6. The SMILES string of the molecule is CC1CN(C(=O)c2ccc(F)c(F)c2F)CC(C)N1. The van der Waals surface area contributed by atoms with Crippen molar-refractivity contribution < 1.29 is 18.0 Å². The lowest BCUT2D eigenvalue weighted by atomic mass is 10.1. The number of carbonyl (C=O) groups excluding carboxylic acids is 1. The van der Waals surface area contributed by atoms with Crippen molar-refractivity contribution in [1.29, 1.82) is 0 Å². The van der Waals surface area contributed by atoms with Crippen molar-refractivity contribution in [1.82, 2.24) is 10.2 Å². The van der Waals surface area contributed by atoms with Crippen LogP contribution >= 0.6 is 0 Å². The van der Waals surface area contributed by atoms with Crippen LogP contribution in [0.3, 0.4) is 0 Å². The molecule has 1 aromatic carbocycles. The van der Waals surface area contributed by atoms with Crippen LogP contribution in [0, 0.1) is 17.5 Å². The summed E-state index contributed by atoms with van der Waals surface area (Å²) in [6.07, 6.45) is 0. The first-order chi connectivity index (χ1) is 8.90. The summed E-state index contributed by atoms with van der Waals surface area (Å²) in [6.45, 7) is 4.61. The van der Waals surface area contributed by atoms with Gasteiger partial charge in [-0.05, 0) is 26.0 Å². The molecule has 1 N–H and O–H groups in total. The first-order valence-corrected chi connectivity index (χ1v) is 6.09. The number of carbonyl (C=O) groups is 1. The standard InChI is InChI=1S/C13H15F3N2O/c1-7-5-18(6-8(2)17-7)13(19)9-3-4-10(14)12(16)11(9)15/h3-4,7-8,17H,5-6H2,1-2H3. The van der Waals surface area contributed by atoms with Crippen LogP contribution in [-0.4, -0.2) is 36.0 Å². The largest absolute Gasteiger partial charge is 0.335 e. The van der Waals surface area contributed by atoms with Crippen LogP contribution in [0.5, 0.6) is 0 Å². The Morgan fingerprint density at radius 3 is 2.32 bits per heavy atom. The third kappa shape index (κ3) is 2.73. The summed E-state index contributed by atoms with van der Waals surface area (Å²) in [6, 6.07) is 1.89. The molecule has 0 radical (unpaired) electrons. The molecule has 1 amide bonds. The van der Waals surface area contributed by atoms with E-state index >= 15 is 0 Å². The molecule has 0 spiro atoms. The number of amides is 1. The molecule has 2 unspecified atom stereocenters. The fraction of sp³-hybridized carbons (Fsp3) is 0.462. The van der Waals surface area contributed by atoms with Gasteiger partial charge in [0.2, 0.25) is 0 Å². The zero-order valence-corrected chi connectivity index (χ0v) is 10.7. The van der Waals surface area contributed by atoms with Gasteiger partial charge in [0.1, 0.15) is 0 Å². The Labute approximate surface area is 109 Å². The molecular formula is C13H15F3N2O. The van der Waals surface area contributed by atoms with Crippen LogP contribution in [0.25, 0.3) is 0 Å². The number of benzene rings is 1. The highest BCUT2D eigenvalue weighted by Gasteiger charge is 2.28. The van der Waals surface area contributed by atoms with Gasteiger partial charge in [0.05, 0.1) is 5.56 Å². The van der Waals surface area contributed by atoms with Crippen molar-refractivity contribution in [3.63, 3.8) is 0 Å². The summed E-state index contributed by atoms with van der Waals surface area (Å²) in [7, 11) is 0. The molecule has 1 saturated heterocycles. The molecule has 3 nitrogen and oxygen atoms in total. The monoisotopic (exact) mass is 272 g/mol. The van der Waals surface area contributed by atoms with Gasteiger partial charge in [-0.3, -0.25) is 4.79 Å². The second kappa shape index (κ2) is 5.21. The van der Waals surface area contributed by atoms with Crippen LogP contribution < -0.4 is 5.32 Å². The Hall–Kier alpha value is -1.56. The van der Waals surface area contributed by atoms with Crippen LogP contribution in [-0.2, 0) is 0 Å². The quantitative estimate of drug-likeness (QED) is 0.792. The lowest BCUT2D eigenvalue weighted by molar-refractivity contribution is 0.0667. The maximum absolute atomic E-state index is 13.6. The minimum Gasteiger partial charge on any atom is -0.335 e. The Morgan fingerprint density at radius 1 is 1.16 bits per heavy atom. The van der Waals surface area contributed by atoms with E-state index in [1.165, 1.54) is 4.90 Å². The highest BCUT2D eigenvalue weighted by atomic mass is 19.2. The summed E-state index contributed by atoms with van der Waals surface area (Å²) in [5.41, 5.74) is -0.430. The fourth-order valence-corrected chi connectivity index (χ4v) is 2.35. The lowest BCUT2D eigenvalue weighted by Gasteiger charge is -2.36. The van der Waals surface area contributed by atoms with Crippen molar-refractivity contribution >= 4 is 5.91 Å². The van der Waals surface area contributed by atoms with Crippen LogP contribution in [0.4, 0.5) is 13.2 Å². The van der Waals surface area contributed by atoms with E-state index in [1.807, 2.05) is 13.8 Å². The molecule has 1 aliphatic rings. The fourth-order valence-electron chi connectivity index (χ4n) is 2.35. The number of halogens is 3. The first-order valence-electron chi connectivity index (χ1n) is 6.09. The smallest absolute Gasteiger partial charge is 0.257 e. The van der Waals surface area contributed by atoms with Crippen molar-refractivity contribution in [3.05, 3.63) is 35.1 Å². The average molecular weight is 272 g/mol. The highest BCUT2D eigenvalue weighted by molar-refractivity contribution is 5.94. The van der Waals surface area contributed by atoms with Crippen LogP contribution in [0.1, 0.15) is 24.2 Å². The second-order valence-electron chi connectivity index (χ2n) is 4.90. The van der Waals surface area contributed by atoms with Gasteiger partial charge in [0, 0.05) is 25.2 Å². The van der Waals surface area contributed by atoms with E-state index in [1.54, 1.807) is 0 Å². The van der Waals surface area contributed by atoms with Gasteiger partial charge in [-0.1, -0.05) is 0 Å². The first kappa shape index (κ1) is 13.9. The van der Waals surface area contributed by atoms with Crippen molar-refractivity contribution in [3.8, 4) is 0 Å². The third-order valence-electron chi connectivity index (χ3n) is 3.11. The number of hydrogen-bond donors (Lipinski definition) is 1. The highest BCUT2D eigenvalue weighted by Crippen LogP contribution is 2.18. The van der Waals surface area contributed by atoms with E-state index in [0.717, 1.165) is 12.1 Å². The minimum atomic E-state index is -1.61. The van der Waals surface area contributed by atoms with Crippen molar-refractivity contribution in [2.75, 3.05) is 13.1 Å².